The number of piperidine rings is 1. The number of sulfonamides is 1. The fraction of sp³-hybridized carbons (Fsp3) is 0.650. The van der Waals surface area contributed by atoms with Gasteiger partial charge in [0, 0.05) is 30.7 Å². The van der Waals surface area contributed by atoms with Crippen LogP contribution >= 0.6 is 0 Å². The summed E-state index contributed by atoms with van der Waals surface area (Å²) in [7, 11) is -3.59. The van der Waals surface area contributed by atoms with Crippen LogP contribution in [0, 0.1) is 12.8 Å². The van der Waals surface area contributed by atoms with E-state index in [0.717, 1.165) is 25.7 Å². The quantitative estimate of drug-likeness (QED) is 0.742. The van der Waals surface area contributed by atoms with E-state index >= 15 is 0 Å². The van der Waals surface area contributed by atoms with Crippen molar-refractivity contribution < 1.29 is 13.2 Å². The van der Waals surface area contributed by atoms with Gasteiger partial charge in [0.2, 0.25) is 10.0 Å². The molecule has 1 fully saturated rings. The third kappa shape index (κ3) is 5.30. The fourth-order valence-corrected chi connectivity index (χ4v) is 5.46. The first-order valence-corrected chi connectivity index (χ1v) is 11.2. The number of hydrogen-bond donors (Lipinski definition) is 2. The molecule has 3 N–H and O–H groups in total. The Balaban J connectivity index is 2.29. The van der Waals surface area contributed by atoms with Crippen molar-refractivity contribution in [2.24, 2.45) is 11.7 Å². The van der Waals surface area contributed by atoms with E-state index in [9.17, 15) is 13.2 Å². The number of nitrogens with two attached hydrogens (primary N) is 1. The van der Waals surface area contributed by atoms with Crippen LogP contribution in [-0.2, 0) is 10.0 Å². The molecule has 152 valence electrons. The highest BCUT2D eigenvalue weighted by atomic mass is 32.2. The van der Waals surface area contributed by atoms with Crippen LogP contribution < -0.4 is 11.1 Å². The van der Waals surface area contributed by atoms with E-state index in [1.807, 2.05) is 6.92 Å². The third-order valence-electron chi connectivity index (χ3n) is 5.11. The molecule has 7 heteroatoms. The Hall–Kier alpha value is -1.44. The van der Waals surface area contributed by atoms with E-state index in [1.165, 1.54) is 10.4 Å². The zero-order valence-corrected chi connectivity index (χ0v) is 17.7. The molecular weight excluding hydrogens is 362 g/mol. The molecule has 1 aliphatic heterocycles. The number of hydrogen-bond acceptors (Lipinski definition) is 4. The summed E-state index contributed by atoms with van der Waals surface area (Å²) in [4.78, 5) is 13.0. The maximum atomic E-state index is 13.0. The summed E-state index contributed by atoms with van der Waals surface area (Å²) in [6, 6.07) is 4.88. The number of nitrogens with zero attached hydrogens (tertiary/aromatic N) is 1. The van der Waals surface area contributed by atoms with Crippen LogP contribution in [0.2, 0.25) is 0 Å². The van der Waals surface area contributed by atoms with Crippen molar-refractivity contribution in [3.05, 3.63) is 29.3 Å². The summed E-state index contributed by atoms with van der Waals surface area (Å²) in [5, 5.41) is 3.00. The van der Waals surface area contributed by atoms with Gasteiger partial charge in [-0.1, -0.05) is 26.3 Å². The first kappa shape index (κ1) is 21.9. The van der Waals surface area contributed by atoms with Crippen molar-refractivity contribution in [3.8, 4) is 0 Å². The summed E-state index contributed by atoms with van der Waals surface area (Å²) in [5.74, 6) is 0.0885. The fourth-order valence-electron chi connectivity index (χ4n) is 3.70. The second-order valence-corrected chi connectivity index (χ2v) is 10.2. The van der Waals surface area contributed by atoms with Gasteiger partial charge in [0.05, 0.1) is 4.90 Å². The molecule has 2 rings (SSSR count). The molecule has 1 atom stereocenters. The highest BCUT2D eigenvalue weighted by Crippen LogP contribution is 2.25. The van der Waals surface area contributed by atoms with Gasteiger partial charge in [0.15, 0.2) is 0 Å². The highest BCUT2D eigenvalue weighted by molar-refractivity contribution is 7.89. The molecule has 1 aromatic rings. The first-order chi connectivity index (χ1) is 12.6. The summed E-state index contributed by atoms with van der Waals surface area (Å²) in [6.45, 7) is 9.24. The van der Waals surface area contributed by atoms with Gasteiger partial charge in [-0.05, 0) is 56.7 Å². The van der Waals surface area contributed by atoms with Crippen LogP contribution in [0.1, 0.15) is 62.4 Å². The van der Waals surface area contributed by atoms with Gasteiger partial charge < -0.3 is 11.1 Å². The second kappa shape index (κ2) is 8.71. The molecule has 0 saturated carbocycles. The molecule has 0 radical (unpaired) electrons. The molecule has 1 amide bonds. The van der Waals surface area contributed by atoms with Crippen LogP contribution in [0.25, 0.3) is 0 Å². The topological polar surface area (TPSA) is 92.5 Å². The number of aryl methyl sites for hydroxylation is 1. The number of carbonyl (C=O) groups excluding carboxylic acids is 1. The van der Waals surface area contributed by atoms with E-state index in [4.69, 9.17) is 5.73 Å². The van der Waals surface area contributed by atoms with Crippen molar-refractivity contribution in [2.75, 3.05) is 19.6 Å². The number of rotatable bonds is 7. The molecule has 1 heterocycles. The molecule has 1 saturated heterocycles. The zero-order chi connectivity index (χ0) is 20.2. The Morgan fingerprint density at radius 1 is 1.26 bits per heavy atom. The Labute approximate surface area is 163 Å². The van der Waals surface area contributed by atoms with Crippen LogP contribution in [0.4, 0.5) is 0 Å². The monoisotopic (exact) mass is 395 g/mol. The predicted molar refractivity (Wildman–Crippen MR) is 108 cm³/mol. The van der Waals surface area contributed by atoms with Crippen molar-refractivity contribution in [1.82, 2.24) is 9.62 Å². The van der Waals surface area contributed by atoms with Crippen molar-refractivity contribution in [1.29, 1.82) is 0 Å². The highest BCUT2D eigenvalue weighted by Gasteiger charge is 2.30. The lowest BCUT2D eigenvalue weighted by atomic mass is 9.90. The van der Waals surface area contributed by atoms with Crippen LogP contribution in [0.5, 0.6) is 0 Å². The second-order valence-electron chi connectivity index (χ2n) is 8.26. The van der Waals surface area contributed by atoms with Gasteiger partial charge in [-0.15, -0.1) is 0 Å². The Kier molecular flexibility index (Phi) is 7.05. The van der Waals surface area contributed by atoms with Gasteiger partial charge in [-0.25, -0.2) is 8.42 Å². The molecule has 27 heavy (non-hydrogen) atoms. The van der Waals surface area contributed by atoms with E-state index < -0.39 is 15.6 Å². The summed E-state index contributed by atoms with van der Waals surface area (Å²) >= 11 is 0. The SMILES string of the molecule is Cc1ccc(C(=O)NC(C)(CN)CC(C)C)cc1S(=O)(=O)N1CCCCC1. The lowest BCUT2D eigenvalue weighted by molar-refractivity contribution is 0.0898. The molecule has 0 bridgehead atoms. The number of nitrogens with one attached hydrogen (secondary N) is 1. The largest absolute Gasteiger partial charge is 0.346 e. The lowest BCUT2D eigenvalue weighted by Crippen LogP contribution is -2.52. The Morgan fingerprint density at radius 2 is 1.89 bits per heavy atom. The average molecular weight is 396 g/mol. The summed E-state index contributed by atoms with van der Waals surface area (Å²) in [6.07, 6.45) is 3.56. The van der Waals surface area contributed by atoms with Crippen LogP contribution in [-0.4, -0.2) is 43.8 Å². The molecule has 6 nitrogen and oxygen atoms in total. The average Bonchev–Trinajstić information content (AvgIpc) is 2.61. The minimum Gasteiger partial charge on any atom is -0.346 e. The Morgan fingerprint density at radius 3 is 2.44 bits per heavy atom. The standard InChI is InChI=1S/C20H33N3O3S/c1-15(2)13-20(4,14-21)22-19(24)17-9-8-16(3)18(12-17)27(25,26)23-10-6-5-7-11-23/h8-9,12,15H,5-7,10-11,13-14,21H2,1-4H3,(H,22,24). The van der Waals surface area contributed by atoms with Crippen LogP contribution in [0.3, 0.4) is 0 Å². The minimum atomic E-state index is -3.59. The molecular formula is C20H33N3O3S. The predicted octanol–water partition coefficient (Wildman–Crippen LogP) is 2.66. The Bertz CT molecular complexity index is 771. The summed E-state index contributed by atoms with van der Waals surface area (Å²) < 4.78 is 27.6. The van der Waals surface area contributed by atoms with Crippen molar-refractivity contribution in [3.63, 3.8) is 0 Å². The lowest BCUT2D eigenvalue weighted by Gasteiger charge is -2.31. The van der Waals surface area contributed by atoms with E-state index in [-0.39, 0.29) is 10.8 Å². The number of amides is 1. The molecule has 0 aliphatic carbocycles. The maximum Gasteiger partial charge on any atom is 0.251 e. The van der Waals surface area contributed by atoms with Gasteiger partial charge in [0.25, 0.3) is 5.91 Å². The molecule has 1 unspecified atom stereocenters. The smallest absolute Gasteiger partial charge is 0.251 e. The first-order valence-electron chi connectivity index (χ1n) is 9.72. The number of benzene rings is 1. The van der Waals surface area contributed by atoms with Gasteiger partial charge in [-0.3, -0.25) is 4.79 Å². The minimum absolute atomic E-state index is 0.218. The molecule has 1 aromatic carbocycles. The maximum absolute atomic E-state index is 13.0. The molecule has 1 aliphatic rings. The zero-order valence-electron chi connectivity index (χ0n) is 16.9. The number of carbonyl (C=O) groups is 1. The third-order valence-corrected chi connectivity index (χ3v) is 7.15. The van der Waals surface area contributed by atoms with E-state index in [1.54, 1.807) is 19.1 Å². The van der Waals surface area contributed by atoms with Gasteiger partial charge in [-0.2, -0.15) is 4.31 Å². The molecule has 0 aromatic heterocycles. The summed E-state index contributed by atoms with van der Waals surface area (Å²) in [5.41, 5.74) is 6.36. The van der Waals surface area contributed by atoms with E-state index in [0.29, 0.717) is 36.7 Å². The molecule has 0 spiro atoms. The normalized spacial score (nSPS) is 18.3. The van der Waals surface area contributed by atoms with Gasteiger partial charge in [0.1, 0.15) is 0 Å². The van der Waals surface area contributed by atoms with E-state index in [2.05, 4.69) is 19.2 Å². The van der Waals surface area contributed by atoms with Gasteiger partial charge >= 0.3 is 0 Å². The van der Waals surface area contributed by atoms with Crippen molar-refractivity contribution in [2.45, 2.75) is 63.8 Å². The van der Waals surface area contributed by atoms with Crippen molar-refractivity contribution >= 4 is 15.9 Å². The van der Waals surface area contributed by atoms with Crippen LogP contribution in [0.15, 0.2) is 23.1 Å².